The number of fused-ring (bicyclic) bond motifs is 1. The van der Waals surface area contributed by atoms with Crippen molar-refractivity contribution in [2.24, 2.45) is 0 Å². The van der Waals surface area contributed by atoms with Crippen molar-refractivity contribution in [3.05, 3.63) is 47.4 Å². The Kier molecular flexibility index (Phi) is 6.86. The van der Waals surface area contributed by atoms with Crippen LogP contribution in [0.2, 0.25) is 5.02 Å². The van der Waals surface area contributed by atoms with Gasteiger partial charge < -0.3 is 9.64 Å². The van der Waals surface area contributed by atoms with Gasteiger partial charge in [-0.1, -0.05) is 25.4 Å². The minimum absolute atomic E-state index is 0.0627. The summed E-state index contributed by atoms with van der Waals surface area (Å²) in [4.78, 5) is 6.76. The van der Waals surface area contributed by atoms with Crippen LogP contribution in [0, 0.1) is 5.82 Å². The molecule has 0 bridgehead atoms. The molecule has 0 aliphatic heterocycles. The van der Waals surface area contributed by atoms with Crippen LogP contribution in [0.3, 0.4) is 0 Å². The first-order valence-corrected chi connectivity index (χ1v) is 10.1. The molecule has 1 unspecified atom stereocenters. The van der Waals surface area contributed by atoms with Crippen LogP contribution in [-0.2, 0) is 0 Å². The fourth-order valence-corrected chi connectivity index (χ4v) is 3.36. The summed E-state index contributed by atoms with van der Waals surface area (Å²) in [7, 11) is 0. The first kappa shape index (κ1) is 20.6. The Hall–Kier alpha value is -2.18. The van der Waals surface area contributed by atoms with Gasteiger partial charge in [0.15, 0.2) is 5.65 Å². The zero-order valence-electron chi connectivity index (χ0n) is 16.5. The van der Waals surface area contributed by atoms with Crippen LogP contribution in [0.4, 0.5) is 4.39 Å². The summed E-state index contributed by atoms with van der Waals surface area (Å²) < 4.78 is 21.2. The number of nitrogens with zero attached hydrogens (tertiary/aromatic N) is 4. The molecule has 7 heteroatoms. The van der Waals surface area contributed by atoms with Gasteiger partial charge in [-0.25, -0.2) is 13.9 Å². The summed E-state index contributed by atoms with van der Waals surface area (Å²) in [5.41, 5.74) is 2.17. The van der Waals surface area contributed by atoms with E-state index in [0.29, 0.717) is 11.5 Å². The summed E-state index contributed by atoms with van der Waals surface area (Å²) in [5.74, 6) is 0.0880. The average Bonchev–Trinajstić information content (AvgIpc) is 3.10. The monoisotopic (exact) mass is 404 g/mol. The molecule has 0 fully saturated rings. The lowest BCUT2D eigenvalue weighted by molar-refractivity contribution is 0.186. The molecular formula is C21H26ClFN4O. The molecule has 0 aliphatic carbocycles. The van der Waals surface area contributed by atoms with Crippen LogP contribution < -0.4 is 4.74 Å². The number of rotatable bonds is 9. The lowest BCUT2D eigenvalue weighted by atomic mass is 10.2. The molecule has 1 aromatic carbocycles. The number of halogens is 2. The van der Waals surface area contributed by atoms with Crippen molar-refractivity contribution in [3.63, 3.8) is 0 Å². The SMILES string of the molecule is CCN(CC)CCCC(C)Oc1ccc2ncc(-c3ccc(F)c(Cl)c3)n2n1. The number of ether oxygens (including phenoxy) is 1. The second kappa shape index (κ2) is 9.34. The van der Waals surface area contributed by atoms with Gasteiger partial charge in [-0.15, -0.1) is 5.10 Å². The molecule has 3 rings (SSSR count). The first-order valence-electron chi connectivity index (χ1n) is 9.71. The van der Waals surface area contributed by atoms with Gasteiger partial charge in [0.05, 0.1) is 23.0 Å². The van der Waals surface area contributed by atoms with Gasteiger partial charge in [0.25, 0.3) is 0 Å². The Labute approximate surface area is 170 Å². The highest BCUT2D eigenvalue weighted by Crippen LogP contribution is 2.26. The Morgan fingerprint density at radius 2 is 2.00 bits per heavy atom. The molecule has 0 saturated carbocycles. The van der Waals surface area contributed by atoms with Crippen LogP contribution in [0.15, 0.2) is 36.5 Å². The van der Waals surface area contributed by atoms with Crippen LogP contribution in [0.5, 0.6) is 5.88 Å². The quantitative estimate of drug-likeness (QED) is 0.499. The maximum absolute atomic E-state index is 13.5. The van der Waals surface area contributed by atoms with Crippen molar-refractivity contribution in [2.75, 3.05) is 19.6 Å². The molecule has 0 saturated heterocycles. The van der Waals surface area contributed by atoms with Gasteiger partial charge in [-0.2, -0.15) is 0 Å². The van der Waals surface area contributed by atoms with Gasteiger partial charge in [-0.3, -0.25) is 0 Å². The average molecular weight is 405 g/mol. The molecule has 0 radical (unpaired) electrons. The van der Waals surface area contributed by atoms with E-state index in [9.17, 15) is 4.39 Å². The predicted molar refractivity (Wildman–Crippen MR) is 111 cm³/mol. The van der Waals surface area contributed by atoms with Crippen LogP contribution in [-0.4, -0.2) is 45.2 Å². The molecule has 0 spiro atoms. The fourth-order valence-electron chi connectivity index (χ4n) is 3.18. The fraction of sp³-hybridized carbons (Fsp3) is 0.429. The van der Waals surface area contributed by atoms with Crippen molar-refractivity contribution in [1.82, 2.24) is 19.5 Å². The number of aromatic nitrogens is 3. The van der Waals surface area contributed by atoms with E-state index in [4.69, 9.17) is 16.3 Å². The van der Waals surface area contributed by atoms with Crippen LogP contribution in [0.25, 0.3) is 16.9 Å². The summed E-state index contributed by atoms with van der Waals surface area (Å²) >= 11 is 5.92. The third-order valence-electron chi connectivity index (χ3n) is 4.85. The molecule has 0 amide bonds. The molecule has 3 aromatic rings. The van der Waals surface area contributed by atoms with E-state index >= 15 is 0 Å². The smallest absolute Gasteiger partial charge is 0.232 e. The Balaban J connectivity index is 1.72. The van der Waals surface area contributed by atoms with Crippen LogP contribution in [0.1, 0.15) is 33.6 Å². The highest BCUT2D eigenvalue weighted by molar-refractivity contribution is 6.31. The minimum Gasteiger partial charge on any atom is -0.474 e. The minimum atomic E-state index is -0.449. The Morgan fingerprint density at radius 3 is 2.71 bits per heavy atom. The molecule has 0 aliphatic rings. The van der Waals surface area contributed by atoms with Crippen molar-refractivity contribution in [2.45, 2.75) is 39.7 Å². The van der Waals surface area contributed by atoms with E-state index in [1.165, 1.54) is 6.07 Å². The van der Waals surface area contributed by atoms with Crippen molar-refractivity contribution >= 4 is 17.2 Å². The summed E-state index contributed by atoms with van der Waals surface area (Å²) in [5, 5.41) is 4.63. The summed E-state index contributed by atoms with van der Waals surface area (Å²) in [6.07, 6.45) is 3.80. The number of hydrogen-bond acceptors (Lipinski definition) is 4. The lowest BCUT2D eigenvalue weighted by Crippen LogP contribution is -2.25. The van der Waals surface area contributed by atoms with Crippen molar-refractivity contribution in [3.8, 4) is 17.1 Å². The largest absolute Gasteiger partial charge is 0.474 e. The van der Waals surface area contributed by atoms with Gasteiger partial charge in [-0.05, 0) is 63.7 Å². The molecule has 1 atom stereocenters. The lowest BCUT2D eigenvalue weighted by Gasteiger charge is -2.19. The maximum Gasteiger partial charge on any atom is 0.232 e. The second-order valence-corrected chi connectivity index (χ2v) is 7.22. The van der Waals surface area contributed by atoms with E-state index in [1.54, 1.807) is 22.8 Å². The highest BCUT2D eigenvalue weighted by atomic mass is 35.5. The molecule has 150 valence electrons. The Bertz CT molecular complexity index is 926. The maximum atomic E-state index is 13.5. The molecule has 2 heterocycles. The van der Waals surface area contributed by atoms with E-state index in [-0.39, 0.29) is 11.1 Å². The van der Waals surface area contributed by atoms with Gasteiger partial charge in [0, 0.05) is 11.6 Å². The molecular weight excluding hydrogens is 379 g/mol. The predicted octanol–water partition coefficient (Wildman–Crippen LogP) is 5.08. The van der Waals surface area contributed by atoms with E-state index < -0.39 is 5.82 Å². The van der Waals surface area contributed by atoms with Crippen molar-refractivity contribution < 1.29 is 9.13 Å². The molecule has 5 nitrogen and oxygen atoms in total. The van der Waals surface area contributed by atoms with Crippen molar-refractivity contribution in [1.29, 1.82) is 0 Å². The summed E-state index contributed by atoms with van der Waals surface area (Å²) in [6, 6.07) is 8.26. The van der Waals surface area contributed by atoms with Gasteiger partial charge in [0.1, 0.15) is 5.82 Å². The third kappa shape index (κ3) is 4.80. The molecule has 0 N–H and O–H groups in total. The number of imidazole rings is 1. The zero-order chi connectivity index (χ0) is 20.1. The second-order valence-electron chi connectivity index (χ2n) is 6.81. The summed E-state index contributed by atoms with van der Waals surface area (Å²) in [6.45, 7) is 9.63. The first-order chi connectivity index (χ1) is 13.5. The zero-order valence-corrected chi connectivity index (χ0v) is 17.3. The van der Waals surface area contributed by atoms with E-state index in [2.05, 4.69) is 35.8 Å². The van der Waals surface area contributed by atoms with E-state index in [1.807, 2.05) is 12.1 Å². The molecule has 28 heavy (non-hydrogen) atoms. The molecule has 2 aromatic heterocycles. The number of hydrogen-bond donors (Lipinski definition) is 0. The third-order valence-corrected chi connectivity index (χ3v) is 5.14. The van der Waals surface area contributed by atoms with E-state index in [0.717, 1.165) is 43.7 Å². The normalized spacial score (nSPS) is 12.6. The van der Waals surface area contributed by atoms with Gasteiger partial charge in [0.2, 0.25) is 5.88 Å². The van der Waals surface area contributed by atoms with Gasteiger partial charge >= 0.3 is 0 Å². The Morgan fingerprint density at radius 1 is 1.21 bits per heavy atom. The van der Waals surface area contributed by atoms with Crippen LogP contribution >= 0.6 is 11.6 Å². The standard InChI is InChI=1S/C21H26ClFN4O/c1-4-26(5-2)12-6-7-15(3)28-21-11-10-20-24-14-19(27(20)25-21)16-8-9-18(23)17(22)13-16/h8-11,13-15H,4-7,12H2,1-3H3. The highest BCUT2D eigenvalue weighted by Gasteiger charge is 2.12. The number of benzene rings is 1. The topological polar surface area (TPSA) is 42.7 Å².